The van der Waals surface area contributed by atoms with Gasteiger partial charge in [0.15, 0.2) is 0 Å². The number of nitrogens with zero attached hydrogens (tertiary/aromatic N) is 4. The maximum atomic E-state index is 13.9. The molecule has 1 amide bonds. The van der Waals surface area contributed by atoms with Crippen LogP contribution in [0.2, 0.25) is 0 Å². The van der Waals surface area contributed by atoms with Crippen LogP contribution in [0.4, 0.5) is 15.0 Å². The first-order chi connectivity index (χ1) is 11.7. The minimum atomic E-state index is -0.512. The molecule has 0 saturated carbocycles. The molecule has 0 atom stereocenters. The standard InChI is InChI=1S/C17H20BrFN4O2/c1-17(2,3)25-16(24)23-6-4-22(5-7-23)15-11-8-13(19)12(18)9-14(11)20-10-21-15/h8-10H,4-7H2,1-3H3. The molecule has 8 heteroatoms. The Kier molecular flexibility index (Phi) is 4.81. The van der Waals surface area contributed by atoms with Crippen molar-refractivity contribution in [1.29, 1.82) is 0 Å². The van der Waals surface area contributed by atoms with Gasteiger partial charge >= 0.3 is 6.09 Å². The van der Waals surface area contributed by atoms with Gasteiger partial charge in [0.25, 0.3) is 0 Å². The van der Waals surface area contributed by atoms with Crippen LogP contribution >= 0.6 is 15.9 Å². The molecule has 1 fully saturated rings. The number of rotatable bonds is 1. The lowest BCUT2D eigenvalue weighted by atomic mass is 10.2. The van der Waals surface area contributed by atoms with Crippen LogP contribution in [0.5, 0.6) is 0 Å². The molecule has 3 rings (SSSR count). The zero-order chi connectivity index (χ0) is 18.2. The number of anilines is 1. The Morgan fingerprint density at radius 1 is 1.20 bits per heavy atom. The van der Waals surface area contributed by atoms with E-state index < -0.39 is 5.60 Å². The largest absolute Gasteiger partial charge is 0.444 e. The predicted molar refractivity (Wildman–Crippen MR) is 97.2 cm³/mol. The van der Waals surface area contributed by atoms with E-state index in [-0.39, 0.29) is 11.9 Å². The highest BCUT2D eigenvalue weighted by molar-refractivity contribution is 9.10. The summed E-state index contributed by atoms with van der Waals surface area (Å²) in [6, 6.07) is 3.09. The van der Waals surface area contributed by atoms with E-state index >= 15 is 0 Å². The van der Waals surface area contributed by atoms with Crippen LogP contribution in [0.3, 0.4) is 0 Å². The van der Waals surface area contributed by atoms with E-state index in [0.717, 1.165) is 0 Å². The van der Waals surface area contributed by atoms with Crippen molar-refractivity contribution >= 4 is 38.7 Å². The average Bonchev–Trinajstić information content (AvgIpc) is 2.54. The highest BCUT2D eigenvalue weighted by Gasteiger charge is 2.27. The SMILES string of the molecule is CC(C)(C)OC(=O)N1CCN(c2ncnc3cc(Br)c(F)cc23)CC1. The third-order valence-corrected chi connectivity index (χ3v) is 4.49. The molecule has 2 aromatic rings. The van der Waals surface area contributed by atoms with Gasteiger partial charge in [-0.15, -0.1) is 0 Å². The van der Waals surface area contributed by atoms with Gasteiger partial charge in [0.2, 0.25) is 0 Å². The van der Waals surface area contributed by atoms with Gasteiger partial charge in [-0.2, -0.15) is 0 Å². The van der Waals surface area contributed by atoms with Crippen molar-refractivity contribution in [3.05, 3.63) is 28.7 Å². The number of hydrogen-bond acceptors (Lipinski definition) is 5. The summed E-state index contributed by atoms with van der Waals surface area (Å²) >= 11 is 3.18. The number of ether oxygens (including phenoxy) is 1. The number of benzene rings is 1. The van der Waals surface area contributed by atoms with Crippen molar-refractivity contribution in [1.82, 2.24) is 14.9 Å². The Morgan fingerprint density at radius 3 is 2.52 bits per heavy atom. The summed E-state index contributed by atoms with van der Waals surface area (Å²) in [6.07, 6.45) is 1.16. The minimum absolute atomic E-state index is 0.310. The number of halogens is 2. The van der Waals surface area contributed by atoms with Gasteiger partial charge in [0.05, 0.1) is 9.99 Å². The van der Waals surface area contributed by atoms with Gasteiger partial charge in [-0.3, -0.25) is 0 Å². The molecule has 0 N–H and O–H groups in total. The molecule has 134 valence electrons. The van der Waals surface area contributed by atoms with E-state index in [1.807, 2.05) is 25.7 Å². The molecule has 1 aromatic heterocycles. The second kappa shape index (κ2) is 6.74. The Balaban J connectivity index is 1.76. The fourth-order valence-corrected chi connectivity index (χ4v) is 3.05. The zero-order valence-electron chi connectivity index (χ0n) is 14.4. The monoisotopic (exact) mass is 410 g/mol. The molecule has 1 saturated heterocycles. The molecule has 6 nitrogen and oxygen atoms in total. The molecule has 1 aromatic carbocycles. The number of amides is 1. The molecule has 0 bridgehead atoms. The normalized spacial score (nSPS) is 15.6. The van der Waals surface area contributed by atoms with Crippen LogP contribution in [0.15, 0.2) is 22.9 Å². The van der Waals surface area contributed by atoms with Crippen molar-refractivity contribution < 1.29 is 13.9 Å². The molecule has 0 aliphatic carbocycles. The van der Waals surface area contributed by atoms with E-state index in [1.54, 1.807) is 11.0 Å². The summed E-state index contributed by atoms with van der Waals surface area (Å²) in [6.45, 7) is 7.80. The number of aromatic nitrogens is 2. The lowest BCUT2D eigenvalue weighted by Gasteiger charge is -2.36. The van der Waals surface area contributed by atoms with Gasteiger partial charge < -0.3 is 14.5 Å². The second-order valence-corrected chi connectivity index (χ2v) is 7.79. The van der Waals surface area contributed by atoms with Crippen molar-refractivity contribution in [2.75, 3.05) is 31.1 Å². The molecule has 0 radical (unpaired) electrons. The maximum Gasteiger partial charge on any atom is 0.410 e. The van der Waals surface area contributed by atoms with Gasteiger partial charge in [0, 0.05) is 31.6 Å². The molecule has 1 aliphatic heterocycles. The van der Waals surface area contributed by atoms with Gasteiger partial charge in [-0.1, -0.05) is 0 Å². The maximum absolute atomic E-state index is 13.9. The highest BCUT2D eigenvalue weighted by atomic mass is 79.9. The lowest BCUT2D eigenvalue weighted by Crippen LogP contribution is -2.50. The summed E-state index contributed by atoms with van der Waals surface area (Å²) in [4.78, 5) is 24.4. The number of fused-ring (bicyclic) bond motifs is 1. The molecule has 1 aliphatic rings. The predicted octanol–water partition coefficient (Wildman–Crippen LogP) is 3.59. The highest BCUT2D eigenvalue weighted by Crippen LogP contribution is 2.28. The summed E-state index contributed by atoms with van der Waals surface area (Å²) in [5.41, 5.74) is 0.162. The van der Waals surface area contributed by atoms with Crippen molar-refractivity contribution in [2.45, 2.75) is 26.4 Å². The first-order valence-electron chi connectivity index (χ1n) is 8.07. The van der Waals surface area contributed by atoms with Gasteiger partial charge in [0.1, 0.15) is 23.6 Å². The summed E-state index contributed by atoms with van der Waals surface area (Å²) < 4.78 is 19.7. The van der Waals surface area contributed by atoms with Gasteiger partial charge in [-0.25, -0.2) is 19.2 Å². The zero-order valence-corrected chi connectivity index (χ0v) is 16.0. The third kappa shape index (κ3) is 4.00. The smallest absolute Gasteiger partial charge is 0.410 e. The second-order valence-electron chi connectivity index (χ2n) is 6.94. The van der Waals surface area contributed by atoms with Crippen molar-refractivity contribution in [2.24, 2.45) is 0 Å². The Morgan fingerprint density at radius 2 is 1.88 bits per heavy atom. The average molecular weight is 411 g/mol. The first kappa shape index (κ1) is 17.8. The van der Waals surface area contributed by atoms with Crippen LogP contribution in [-0.2, 0) is 4.74 Å². The Labute approximate surface area is 154 Å². The van der Waals surface area contributed by atoms with E-state index in [9.17, 15) is 9.18 Å². The van der Waals surface area contributed by atoms with E-state index in [1.165, 1.54) is 12.4 Å². The molecule has 2 heterocycles. The number of hydrogen-bond donors (Lipinski definition) is 0. The molecular weight excluding hydrogens is 391 g/mol. The quantitative estimate of drug-likeness (QED) is 0.718. The van der Waals surface area contributed by atoms with Crippen LogP contribution < -0.4 is 4.90 Å². The van der Waals surface area contributed by atoms with Crippen LogP contribution in [0.25, 0.3) is 10.9 Å². The first-order valence-corrected chi connectivity index (χ1v) is 8.86. The van der Waals surface area contributed by atoms with Crippen LogP contribution in [0.1, 0.15) is 20.8 Å². The molecule has 0 spiro atoms. The number of carbonyl (C=O) groups excluding carboxylic acids is 1. The molecule has 25 heavy (non-hydrogen) atoms. The Hall–Kier alpha value is -1.96. The molecule has 0 unspecified atom stereocenters. The fourth-order valence-electron chi connectivity index (χ4n) is 2.72. The number of carbonyl (C=O) groups is 1. The van der Waals surface area contributed by atoms with E-state index in [0.29, 0.717) is 47.4 Å². The van der Waals surface area contributed by atoms with Crippen LogP contribution in [0, 0.1) is 5.82 Å². The Bertz CT molecular complexity index is 801. The fraction of sp³-hybridized carbons (Fsp3) is 0.471. The van der Waals surface area contributed by atoms with Crippen LogP contribution in [-0.4, -0.2) is 52.7 Å². The van der Waals surface area contributed by atoms with Crippen molar-refractivity contribution in [3.8, 4) is 0 Å². The van der Waals surface area contributed by atoms with Crippen molar-refractivity contribution in [3.63, 3.8) is 0 Å². The minimum Gasteiger partial charge on any atom is -0.444 e. The topological polar surface area (TPSA) is 58.6 Å². The van der Waals surface area contributed by atoms with Gasteiger partial charge in [-0.05, 0) is 48.8 Å². The van der Waals surface area contributed by atoms with E-state index in [4.69, 9.17) is 4.74 Å². The summed E-state index contributed by atoms with van der Waals surface area (Å²) in [7, 11) is 0. The summed E-state index contributed by atoms with van der Waals surface area (Å²) in [5.74, 6) is 0.330. The van der Waals surface area contributed by atoms with E-state index in [2.05, 4.69) is 25.9 Å². The number of piperazine rings is 1. The summed E-state index contributed by atoms with van der Waals surface area (Å²) in [5, 5.41) is 0.661. The third-order valence-electron chi connectivity index (χ3n) is 3.89. The molecular formula is C17H20BrFN4O2. The lowest BCUT2D eigenvalue weighted by molar-refractivity contribution is 0.0240.